The van der Waals surface area contributed by atoms with Gasteiger partial charge in [-0.15, -0.1) is 10.2 Å². The molecule has 3 aromatic rings. The molecular weight excluding hydrogens is 465 g/mol. The van der Waals surface area contributed by atoms with Gasteiger partial charge in [0.25, 0.3) is 5.69 Å². The highest BCUT2D eigenvalue weighted by atomic mass is 19.4. The lowest BCUT2D eigenvalue weighted by Gasteiger charge is -2.32. The van der Waals surface area contributed by atoms with E-state index in [-0.39, 0.29) is 17.5 Å². The van der Waals surface area contributed by atoms with E-state index >= 15 is 0 Å². The highest BCUT2D eigenvalue weighted by Crippen LogP contribution is 2.37. The second kappa shape index (κ2) is 9.72. The molecule has 0 saturated carbocycles. The van der Waals surface area contributed by atoms with Crippen molar-refractivity contribution < 1.29 is 22.9 Å². The van der Waals surface area contributed by atoms with Crippen molar-refractivity contribution in [2.75, 3.05) is 23.3 Å². The Morgan fingerprint density at radius 1 is 1.20 bits per heavy atom. The van der Waals surface area contributed by atoms with Gasteiger partial charge < -0.3 is 14.8 Å². The van der Waals surface area contributed by atoms with Crippen LogP contribution in [0, 0.1) is 16.0 Å². The highest BCUT2D eigenvalue weighted by Gasteiger charge is 2.35. The summed E-state index contributed by atoms with van der Waals surface area (Å²) in [5, 5.41) is 22.4. The maximum atomic E-state index is 13.0. The van der Waals surface area contributed by atoms with Crippen molar-refractivity contribution in [2.45, 2.75) is 32.5 Å². The van der Waals surface area contributed by atoms with Gasteiger partial charge in [0.2, 0.25) is 5.91 Å². The molecule has 0 aliphatic carbocycles. The quantitative estimate of drug-likeness (QED) is 0.397. The Morgan fingerprint density at radius 3 is 2.60 bits per heavy atom. The summed E-state index contributed by atoms with van der Waals surface area (Å²) >= 11 is 0. The number of amides is 1. The van der Waals surface area contributed by atoms with Gasteiger partial charge in [-0.05, 0) is 44.0 Å². The normalized spacial score (nSPS) is 14.7. The number of aromatic nitrogens is 3. The van der Waals surface area contributed by atoms with Crippen LogP contribution in [0.5, 0.6) is 0 Å². The first-order valence-corrected chi connectivity index (χ1v) is 11.1. The molecule has 0 radical (unpaired) electrons. The van der Waals surface area contributed by atoms with Crippen LogP contribution in [0.3, 0.4) is 0 Å². The van der Waals surface area contributed by atoms with Gasteiger partial charge in [0.1, 0.15) is 12.0 Å². The molecule has 0 bridgehead atoms. The lowest BCUT2D eigenvalue weighted by atomic mass is 9.95. The van der Waals surface area contributed by atoms with Crippen LogP contribution in [0.4, 0.5) is 30.2 Å². The number of aryl methyl sites for hydroxylation is 1. The number of carbonyl (C=O) groups is 1. The minimum absolute atomic E-state index is 0.120. The Hall–Kier alpha value is -3.96. The molecule has 1 amide bonds. The Labute approximate surface area is 198 Å². The van der Waals surface area contributed by atoms with E-state index in [4.69, 9.17) is 0 Å². The molecule has 0 spiro atoms. The SMILES string of the molecule is CCn1cnnc1-c1cccc(NC(=O)C2CCN(c3ccc(C(F)(F)F)cc3[N+](=O)[O-])CC2)c1. The lowest BCUT2D eigenvalue weighted by Crippen LogP contribution is -2.38. The van der Waals surface area contributed by atoms with Crippen LogP contribution in [0.25, 0.3) is 11.4 Å². The zero-order valence-electron chi connectivity index (χ0n) is 18.8. The van der Waals surface area contributed by atoms with Crippen molar-refractivity contribution in [3.63, 3.8) is 0 Å². The Kier molecular flexibility index (Phi) is 6.72. The fourth-order valence-electron chi connectivity index (χ4n) is 4.19. The summed E-state index contributed by atoms with van der Waals surface area (Å²) in [6.45, 7) is 3.30. The van der Waals surface area contributed by atoms with Gasteiger partial charge in [0, 0.05) is 42.9 Å². The summed E-state index contributed by atoms with van der Waals surface area (Å²) < 4.78 is 40.8. The van der Waals surface area contributed by atoms with Gasteiger partial charge in [0.05, 0.1) is 10.5 Å². The first-order valence-electron chi connectivity index (χ1n) is 11.1. The minimum Gasteiger partial charge on any atom is -0.366 e. The standard InChI is InChI=1S/C23H23F3N6O3/c1-2-30-14-27-29-21(30)16-4-3-5-18(12-16)28-22(33)15-8-10-31(11-9-15)19-7-6-17(23(24,25)26)13-20(19)32(34)35/h3-7,12-15H,2,8-11H2,1H3,(H,28,33). The maximum absolute atomic E-state index is 13.0. The number of nitro groups is 1. The summed E-state index contributed by atoms with van der Waals surface area (Å²) in [6, 6.07) is 9.80. The average molecular weight is 488 g/mol. The summed E-state index contributed by atoms with van der Waals surface area (Å²) in [6.07, 6.45) is -2.21. The largest absolute Gasteiger partial charge is 0.416 e. The van der Waals surface area contributed by atoms with E-state index in [1.165, 1.54) is 0 Å². The number of nitro benzene ring substituents is 1. The first kappa shape index (κ1) is 24.2. The summed E-state index contributed by atoms with van der Waals surface area (Å²) in [7, 11) is 0. The predicted molar refractivity (Wildman–Crippen MR) is 123 cm³/mol. The van der Waals surface area contributed by atoms with Crippen molar-refractivity contribution >= 4 is 23.0 Å². The molecule has 1 saturated heterocycles. The van der Waals surface area contributed by atoms with Gasteiger partial charge in [-0.3, -0.25) is 14.9 Å². The van der Waals surface area contributed by atoms with E-state index in [0.717, 1.165) is 17.7 Å². The molecule has 2 heterocycles. The molecule has 1 fully saturated rings. The average Bonchev–Trinajstić information content (AvgIpc) is 3.32. The van der Waals surface area contributed by atoms with E-state index in [9.17, 15) is 28.1 Å². The number of anilines is 2. The highest BCUT2D eigenvalue weighted by molar-refractivity contribution is 5.93. The number of hydrogen-bond acceptors (Lipinski definition) is 6. The summed E-state index contributed by atoms with van der Waals surface area (Å²) in [5.74, 6) is 0.179. The number of rotatable bonds is 6. The molecule has 1 aliphatic heterocycles. The minimum atomic E-state index is -4.67. The van der Waals surface area contributed by atoms with E-state index in [1.807, 2.05) is 29.7 Å². The second-order valence-corrected chi connectivity index (χ2v) is 8.23. The third-order valence-electron chi connectivity index (χ3n) is 6.05. The molecule has 9 nitrogen and oxygen atoms in total. The lowest BCUT2D eigenvalue weighted by molar-refractivity contribution is -0.384. The molecule has 2 aromatic carbocycles. The number of nitrogens with zero attached hydrogens (tertiary/aromatic N) is 5. The van der Waals surface area contributed by atoms with Gasteiger partial charge in [-0.25, -0.2) is 0 Å². The van der Waals surface area contributed by atoms with E-state index in [0.29, 0.717) is 50.1 Å². The summed E-state index contributed by atoms with van der Waals surface area (Å²) in [4.78, 5) is 25.1. The van der Waals surface area contributed by atoms with Gasteiger partial charge in [0.15, 0.2) is 5.82 Å². The Balaban J connectivity index is 1.42. The number of carbonyl (C=O) groups excluding carboxylic acids is 1. The van der Waals surface area contributed by atoms with Crippen LogP contribution >= 0.6 is 0 Å². The fraction of sp³-hybridized carbons (Fsp3) is 0.348. The van der Waals surface area contributed by atoms with Crippen molar-refractivity contribution in [3.8, 4) is 11.4 Å². The third-order valence-corrected chi connectivity index (χ3v) is 6.05. The van der Waals surface area contributed by atoms with E-state index < -0.39 is 22.4 Å². The number of piperidine rings is 1. The zero-order chi connectivity index (χ0) is 25.2. The summed E-state index contributed by atoms with van der Waals surface area (Å²) in [5.41, 5.74) is -0.124. The van der Waals surface area contributed by atoms with Gasteiger partial charge in [-0.1, -0.05) is 12.1 Å². The Morgan fingerprint density at radius 2 is 1.94 bits per heavy atom. The maximum Gasteiger partial charge on any atom is 0.416 e. The smallest absolute Gasteiger partial charge is 0.366 e. The van der Waals surface area contributed by atoms with Crippen LogP contribution in [-0.4, -0.2) is 38.7 Å². The molecule has 1 aromatic heterocycles. The van der Waals surface area contributed by atoms with E-state index in [2.05, 4.69) is 15.5 Å². The molecular formula is C23H23F3N6O3. The van der Waals surface area contributed by atoms with Crippen molar-refractivity contribution in [1.82, 2.24) is 14.8 Å². The third kappa shape index (κ3) is 5.26. The Bertz CT molecular complexity index is 1240. The molecule has 1 N–H and O–H groups in total. The molecule has 35 heavy (non-hydrogen) atoms. The van der Waals surface area contributed by atoms with Crippen LogP contribution in [-0.2, 0) is 17.5 Å². The molecule has 0 atom stereocenters. The van der Waals surface area contributed by atoms with Crippen molar-refractivity contribution in [2.24, 2.45) is 5.92 Å². The molecule has 4 rings (SSSR count). The van der Waals surface area contributed by atoms with Crippen molar-refractivity contribution in [1.29, 1.82) is 0 Å². The van der Waals surface area contributed by atoms with Crippen LogP contribution in [0.2, 0.25) is 0 Å². The van der Waals surface area contributed by atoms with Gasteiger partial charge in [-0.2, -0.15) is 13.2 Å². The van der Waals surface area contributed by atoms with E-state index in [1.54, 1.807) is 17.3 Å². The number of nitrogens with one attached hydrogen (secondary N) is 1. The monoisotopic (exact) mass is 488 g/mol. The predicted octanol–water partition coefficient (Wildman–Crippen LogP) is 4.75. The fourth-order valence-corrected chi connectivity index (χ4v) is 4.19. The van der Waals surface area contributed by atoms with Crippen LogP contribution < -0.4 is 10.2 Å². The first-order chi connectivity index (χ1) is 16.7. The van der Waals surface area contributed by atoms with Gasteiger partial charge >= 0.3 is 6.18 Å². The van der Waals surface area contributed by atoms with Crippen LogP contribution in [0.1, 0.15) is 25.3 Å². The van der Waals surface area contributed by atoms with Crippen molar-refractivity contribution in [3.05, 3.63) is 64.5 Å². The van der Waals surface area contributed by atoms with Crippen LogP contribution in [0.15, 0.2) is 48.8 Å². The number of alkyl halides is 3. The number of benzene rings is 2. The molecule has 184 valence electrons. The number of halogens is 3. The molecule has 0 unspecified atom stereocenters. The number of hydrogen-bond donors (Lipinski definition) is 1. The second-order valence-electron chi connectivity index (χ2n) is 8.23. The zero-order valence-corrected chi connectivity index (χ0v) is 18.8. The molecule has 12 heteroatoms. The molecule has 1 aliphatic rings. The topological polar surface area (TPSA) is 106 Å².